The first-order valence-corrected chi connectivity index (χ1v) is 6.25. The summed E-state index contributed by atoms with van der Waals surface area (Å²) >= 11 is 13.2. The van der Waals surface area contributed by atoms with Crippen LogP contribution in [0.3, 0.4) is 0 Å². The van der Waals surface area contributed by atoms with Crippen molar-refractivity contribution in [2.75, 3.05) is 0 Å². The van der Waals surface area contributed by atoms with E-state index in [9.17, 15) is 0 Å². The summed E-state index contributed by atoms with van der Waals surface area (Å²) in [5, 5.41) is 2.65. The smallest absolute Gasteiger partial charge is 1.00 e. The summed E-state index contributed by atoms with van der Waals surface area (Å²) in [6, 6.07) is 3.86. The Morgan fingerprint density at radius 3 is 2.33 bits per heavy atom. The summed E-state index contributed by atoms with van der Waals surface area (Å²) in [6.07, 6.45) is 0. The topological polar surface area (TPSA) is 0 Å². The molecule has 12 heavy (non-hydrogen) atoms. The van der Waals surface area contributed by atoms with Gasteiger partial charge in [0.1, 0.15) is 0 Å². The van der Waals surface area contributed by atoms with Gasteiger partial charge >= 0.3 is 86.7 Å². The Balaban J connectivity index is 0.00000121. The SMILES string of the molecule is Cc1ccc(Cl)c([CH2][Zn+])c1Cl.[Br-]. The van der Waals surface area contributed by atoms with Gasteiger partial charge in [0.15, 0.2) is 0 Å². The fourth-order valence-electron chi connectivity index (χ4n) is 0.944. The Morgan fingerprint density at radius 1 is 1.33 bits per heavy atom. The van der Waals surface area contributed by atoms with Crippen molar-refractivity contribution in [2.45, 2.75) is 11.9 Å². The van der Waals surface area contributed by atoms with Crippen molar-refractivity contribution in [3.63, 3.8) is 0 Å². The van der Waals surface area contributed by atoms with E-state index in [1.807, 2.05) is 19.1 Å². The zero-order valence-corrected chi connectivity index (χ0v) is 12.8. The van der Waals surface area contributed by atoms with Crippen molar-refractivity contribution in [1.82, 2.24) is 0 Å². The molecule has 0 atom stereocenters. The zero-order valence-electron chi connectivity index (χ0n) is 6.70. The maximum Gasteiger partial charge on any atom is -1.00 e. The van der Waals surface area contributed by atoms with Gasteiger partial charge in [0.25, 0.3) is 0 Å². The molecule has 0 bridgehead atoms. The van der Waals surface area contributed by atoms with Gasteiger partial charge in [-0.2, -0.15) is 0 Å². The number of aryl methyl sites for hydroxylation is 1. The van der Waals surface area contributed by atoms with Crippen LogP contribution in [0.1, 0.15) is 11.1 Å². The van der Waals surface area contributed by atoms with Crippen LogP contribution in [0.15, 0.2) is 12.1 Å². The molecule has 1 aromatic carbocycles. The van der Waals surface area contributed by atoms with Crippen LogP contribution < -0.4 is 17.0 Å². The average Bonchev–Trinajstić information content (AvgIpc) is 1.99. The van der Waals surface area contributed by atoms with Crippen LogP contribution in [0.5, 0.6) is 0 Å². The molecule has 0 aromatic heterocycles. The minimum atomic E-state index is 0. The third kappa shape index (κ3) is 2.70. The number of benzene rings is 1. The molecule has 0 aliphatic rings. The van der Waals surface area contributed by atoms with Crippen molar-refractivity contribution in [3.05, 3.63) is 33.3 Å². The summed E-state index contributed by atoms with van der Waals surface area (Å²) in [7, 11) is 0. The zero-order chi connectivity index (χ0) is 8.43. The first kappa shape index (κ1) is 12.9. The molecule has 0 unspecified atom stereocenters. The minimum Gasteiger partial charge on any atom is -1.00 e. The Labute approximate surface area is 103 Å². The fourth-order valence-corrected chi connectivity index (χ4v) is 3.26. The minimum absolute atomic E-state index is 0. The first-order chi connectivity index (χ1) is 5.16. The summed E-state index contributed by atoms with van der Waals surface area (Å²) in [5.41, 5.74) is 2.22. The van der Waals surface area contributed by atoms with Crippen LogP contribution in [0, 0.1) is 6.92 Å². The molecule has 1 rings (SSSR count). The molecule has 0 amide bonds. The van der Waals surface area contributed by atoms with E-state index < -0.39 is 0 Å². The Hall–Kier alpha value is 0.903. The fraction of sp³-hybridized carbons (Fsp3) is 0.250. The molecule has 0 aliphatic heterocycles. The van der Waals surface area contributed by atoms with Gasteiger partial charge in [-0.25, -0.2) is 0 Å². The first-order valence-electron chi connectivity index (χ1n) is 3.39. The van der Waals surface area contributed by atoms with Gasteiger partial charge in [-0.05, 0) is 0 Å². The maximum absolute atomic E-state index is 6.03. The van der Waals surface area contributed by atoms with Gasteiger partial charge in [0.05, 0.1) is 0 Å². The van der Waals surface area contributed by atoms with Gasteiger partial charge < -0.3 is 17.0 Å². The largest absolute Gasteiger partial charge is 1.00 e. The predicted molar refractivity (Wildman–Crippen MR) is 44.9 cm³/mol. The van der Waals surface area contributed by atoms with Gasteiger partial charge in [-0.3, -0.25) is 0 Å². The van der Waals surface area contributed by atoms with E-state index in [0.29, 0.717) is 0 Å². The van der Waals surface area contributed by atoms with Gasteiger partial charge in [-0.15, -0.1) is 0 Å². The second kappa shape index (κ2) is 5.60. The van der Waals surface area contributed by atoms with E-state index in [1.165, 1.54) is 18.3 Å². The molecule has 62 valence electrons. The number of halogens is 3. The Kier molecular flexibility index (Phi) is 6.02. The monoisotopic (exact) mass is 316 g/mol. The van der Waals surface area contributed by atoms with Crippen molar-refractivity contribution in [3.8, 4) is 0 Å². The van der Waals surface area contributed by atoms with Crippen LogP contribution in [-0.2, 0) is 23.3 Å². The van der Waals surface area contributed by atoms with Gasteiger partial charge in [0, 0.05) is 0 Å². The maximum atomic E-state index is 6.03. The third-order valence-electron chi connectivity index (χ3n) is 1.63. The van der Waals surface area contributed by atoms with Crippen LogP contribution >= 0.6 is 23.2 Å². The van der Waals surface area contributed by atoms with E-state index in [1.54, 1.807) is 0 Å². The van der Waals surface area contributed by atoms with E-state index in [0.717, 1.165) is 26.2 Å². The third-order valence-corrected chi connectivity index (χ3v) is 3.56. The Morgan fingerprint density at radius 2 is 1.92 bits per heavy atom. The van der Waals surface area contributed by atoms with Crippen molar-refractivity contribution in [2.24, 2.45) is 0 Å². The number of hydrogen-bond acceptors (Lipinski definition) is 0. The molecule has 0 N–H and O–H groups in total. The predicted octanol–water partition coefficient (Wildman–Crippen LogP) is 0.353. The average molecular weight is 319 g/mol. The Bertz CT molecular complexity index is 276. The number of hydrogen-bond donors (Lipinski definition) is 0. The molecule has 0 spiro atoms. The molecule has 4 heteroatoms. The van der Waals surface area contributed by atoms with E-state index in [4.69, 9.17) is 23.2 Å². The quantitative estimate of drug-likeness (QED) is 0.656. The van der Waals surface area contributed by atoms with Crippen molar-refractivity contribution in [1.29, 1.82) is 0 Å². The van der Waals surface area contributed by atoms with Crippen LogP contribution in [0.2, 0.25) is 10.0 Å². The molecule has 0 nitrogen and oxygen atoms in total. The van der Waals surface area contributed by atoms with Gasteiger partial charge in [-0.1, -0.05) is 0 Å². The normalized spacial score (nSPS) is 9.42. The molecular weight excluding hydrogens is 312 g/mol. The van der Waals surface area contributed by atoms with E-state index >= 15 is 0 Å². The summed E-state index contributed by atoms with van der Waals surface area (Å²) in [5.74, 6) is 0. The summed E-state index contributed by atoms with van der Waals surface area (Å²) in [6.45, 7) is 2.00. The molecular formula is C8H7BrCl2Zn. The molecule has 1 aromatic rings. The molecule has 0 fully saturated rings. The second-order valence-electron chi connectivity index (χ2n) is 2.41. The molecule has 0 saturated carbocycles. The molecule has 0 aliphatic carbocycles. The van der Waals surface area contributed by atoms with E-state index in [-0.39, 0.29) is 17.0 Å². The molecule has 0 heterocycles. The van der Waals surface area contributed by atoms with Crippen molar-refractivity contribution < 1.29 is 35.3 Å². The van der Waals surface area contributed by atoms with Crippen LogP contribution in [0.4, 0.5) is 0 Å². The van der Waals surface area contributed by atoms with Crippen molar-refractivity contribution >= 4 is 23.2 Å². The molecule has 0 saturated heterocycles. The summed E-state index contributed by atoms with van der Waals surface area (Å²) in [4.78, 5) is 0. The second-order valence-corrected chi connectivity index (χ2v) is 4.24. The van der Waals surface area contributed by atoms with E-state index in [2.05, 4.69) is 0 Å². The summed E-state index contributed by atoms with van der Waals surface area (Å²) < 4.78 is 0. The standard InChI is InChI=1S/C8H7Cl2.BrH.Zn/c1-5-3-4-7(9)6(2)8(5)10;;/h3-4H,2H2,1H3;1H;/q;;+1/p-1. The van der Waals surface area contributed by atoms with Gasteiger partial charge in [0.2, 0.25) is 0 Å². The molecule has 0 radical (unpaired) electrons. The van der Waals surface area contributed by atoms with Crippen LogP contribution in [0.25, 0.3) is 0 Å². The van der Waals surface area contributed by atoms with Crippen LogP contribution in [-0.4, -0.2) is 0 Å². The number of rotatable bonds is 1.